The standard InChI is InChI=1S/C24H25ClFNO/c1-18(10-11-19-6-3-2-4-7-19)27-16-20-8-5-9-23(14-20)28-17-21-12-13-22(26)15-24(21)25/h2-9,12-15,18,27H,10-11,16-17H2,1H3. The van der Waals surface area contributed by atoms with Gasteiger partial charge in [0.05, 0.1) is 5.02 Å². The molecule has 0 aliphatic carbocycles. The molecule has 28 heavy (non-hydrogen) atoms. The molecule has 1 unspecified atom stereocenters. The van der Waals surface area contributed by atoms with Crippen molar-refractivity contribution in [2.75, 3.05) is 0 Å². The molecule has 3 rings (SSSR count). The summed E-state index contributed by atoms with van der Waals surface area (Å²) in [4.78, 5) is 0. The monoisotopic (exact) mass is 397 g/mol. The lowest BCUT2D eigenvalue weighted by Crippen LogP contribution is -2.25. The lowest BCUT2D eigenvalue weighted by Gasteiger charge is -2.15. The van der Waals surface area contributed by atoms with Crippen LogP contribution in [0.15, 0.2) is 72.8 Å². The molecule has 0 aliphatic rings. The maximum atomic E-state index is 13.1. The lowest BCUT2D eigenvalue weighted by atomic mass is 10.1. The summed E-state index contributed by atoms with van der Waals surface area (Å²) >= 11 is 6.06. The molecule has 0 heterocycles. The highest BCUT2D eigenvalue weighted by Crippen LogP contribution is 2.21. The highest BCUT2D eigenvalue weighted by Gasteiger charge is 2.05. The number of rotatable bonds is 9. The molecule has 0 fully saturated rings. The molecule has 3 aromatic carbocycles. The number of hydrogen-bond acceptors (Lipinski definition) is 2. The van der Waals surface area contributed by atoms with E-state index in [0.29, 0.717) is 17.7 Å². The van der Waals surface area contributed by atoms with E-state index in [1.165, 1.54) is 17.7 Å². The molecule has 0 amide bonds. The average Bonchev–Trinajstić information content (AvgIpc) is 2.71. The maximum absolute atomic E-state index is 13.1. The van der Waals surface area contributed by atoms with E-state index >= 15 is 0 Å². The molecule has 1 N–H and O–H groups in total. The molecule has 1 atom stereocenters. The van der Waals surface area contributed by atoms with Crippen molar-refractivity contribution in [2.45, 2.75) is 39.0 Å². The Labute approximate surface area is 171 Å². The van der Waals surface area contributed by atoms with Gasteiger partial charge in [-0.3, -0.25) is 0 Å². The number of hydrogen-bond donors (Lipinski definition) is 1. The number of halogens is 2. The van der Waals surface area contributed by atoms with Gasteiger partial charge in [-0.05, 0) is 55.2 Å². The first kappa shape index (κ1) is 20.4. The van der Waals surface area contributed by atoms with Gasteiger partial charge >= 0.3 is 0 Å². The largest absolute Gasteiger partial charge is 0.489 e. The fraction of sp³-hybridized carbons (Fsp3) is 0.250. The number of ether oxygens (including phenoxy) is 1. The van der Waals surface area contributed by atoms with Gasteiger partial charge in [-0.1, -0.05) is 60.1 Å². The molecule has 0 bridgehead atoms. The summed E-state index contributed by atoms with van der Waals surface area (Å²) in [6.07, 6.45) is 2.15. The molecule has 0 saturated heterocycles. The van der Waals surface area contributed by atoms with Crippen LogP contribution in [-0.4, -0.2) is 6.04 Å². The summed E-state index contributed by atoms with van der Waals surface area (Å²) in [5, 5.41) is 3.95. The van der Waals surface area contributed by atoms with E-state index in [1.807, 2.05) is 24.3 Å². The molecule has 0 saturated carbocycles. The normalized spacial score (nSPS) is 12.0. The predicted octanol–water partition coefficient (Wildman–Crippen LogP) is 6.17. The first-order chi connectivity index (χ1) is 13.6. The fourth-order valence-corrected chi connectivity index (χ4v) is 3.19. The average molecular weight is 398 g/mol. The Morgan fingerprint density at radius 3 is 2.54 bits per heavy atom. The van der Waals surface area contributed by atoms with Crippen LogP contribution in [0, 0.1) is 5.82 Å². The van der Waals surface area contributed by atoms with E-state index in [4.69, 9.17) is 16.3 Å². The third-order valence-electron chi connectivity index (χ3n) is 4.67. The molecule has 0 radical (unpaired) electrons. The number of aryl methyl sites for hydroxylation is 1. The highest BCUT2D eigenvalue weighted by molar-refractivity contribution is 6.31. The van der Waals surface area contributed by atoms with Gasteiger partial charge in [-0.15, -0.1) is 0 Å². The zero-order valence-electron chi connectivity index (χ0n) is 16.0. The van der Waals surface area contributed by atoms with Crippen LogP contribution in [0.3, 0.4) is 0 Å². The molecule has 0 aliphatic heterocycles. The van der Waals surface area contributed by atoms with Crippen LogP contribution in [0.5, 0.6) is 5.75 Å². The zero-order valence-corrected chi connectivity index (χ0v) is 16.8. The van der Waals surface area contributed by atoms with Gasteiger partial charge in [0, 0.05) is 18.2 Å². The van der Waals surface area contributed by atoms with Crippen LogP contribution in [-0.2, 0) is 19.6 Å². The van der Waals surface area contributed by atoms with Gasteiger partial charge in [0.2, 0.25) is 0 Å². The molecule has 0 aromatic heterocycles. The van der Waals surface area contributed by atoms with Gasteiger partial charge in [-0.25, -0.2) is 4.39 Å². The third kappa shape index (κ3) is 6.36. The van der Waals surface area contributed by atoms with Crippen molar-refractivity contribution in [3.8, 4) is 5.75 Å². The zero-order chi connectivity index (χ0) is 19.8. The van der Waals surface area contributed by atoms with Crippen molar-refractivity contribution in [1.82, 2.24) is 5.32 Å². The second-order valence-electron chi connectivity index (χ2n) is 6.98. The van der Waals surface area contributed by atoms with E-state index < -0.39 is 0 Å². The van der Waals surface area contributed by atoms with Crippen LogP contribution >= 0.6 is 11.6 Å². The highest BCUT2D eigenvalue weighted by atomic mass is 35.5. The number of benzene rings is 3. The van der Waals surface area contributed by atoms with E-state index in [-0.39, 0.29) is 5.82 Å². The Morgan fingerprint density at radius 1 is 0.964 bits per heavy atom. The van der Waals surface area contributed by atoms with Crippen molar-refractivity contribution in [1.29, 1.82) is 0 Å². The molecule has 146 valence electrons. The summed E-state index contributed by atoms with van der Waals surface area (Å²) in [5.41, 5.74) is 3.29. The Morgan fingerprint density at radius 2 is 1.75 bits per heavy atom. The van der Waals surface area contributed by atoms with Crippen molar-refractivity contribution >= 4 is 11.6 Å². The van der Waals surface area contributed by atoms with Gasteiger partial charge < -0.3 is 10.1 Å². The Bertz CT molecular complexity index is 885. The third-order valence-corrected chi connectivity index (χ3v) is 5.02. The van der Waals surface area contributed by atoms with Gasteiger partial charge in [0.25, 0.3) is 0 Å². The Balaban J connectivity index is 1.47. The maximum Gasteiger partial charge on any atom is 0.124 e. The lowest BCUT2D eigenvalue weighted by molar-refractivity contribution is 0.305. The van der Waals surface area contributed by atoms with Crippen LogP contribution in [0.1, 0.15) is 30.0 Å². The van der Waals surface area contributed by atoms with Crippen LogP contribution < -0.4 is 10.1 Å². The summed E-state index contributed by atoms with van der Waals surface area (Å²) in [6, 6.07) is 23.3. The second kappa shape index (κ2) is 10.3. The molecular weight excluding hydrogens is 373 g/mol. The van der Waals surface area contributed by atoms with Crippen molar-refractivity contribution in [3.05, 3.63) is 100 Å². The van der Waals surface area contributed by atoms with Crippen molar-refractivity contribution in [2.24, 2.45) is 0 Å². The van der Waals surface area contributed by atoms with Crippen molar-refractivity contribution in [3.63, 3.8) is 0 Å². The SMILES string of the molecule is CC(CCc1ccccc1)NCc1cccc(OCc2ccc(F)cc2Cl)c1. The van der Waals surface area contributed by atoms with Gasteiger partial charge in [-0.2, -0.15) is 0 Å². The Kier molecular flexibility index (Phi) is 7.46. The topological polar surface area (TPSA) is 21.3 Å². The molecule has 3 aromatic rings. The predicted molar refractivity (Wildman–Crippen MR) is 113 cm³/mol. The smallest absolute Gasteiger partial charge is 0.124 e. The summed E-state index contributed by atoms with van der Waals surface area (Å²) in [5.74, 6) is 0.430. The van der Waals surface area contributed by atoms with Crippen LogP contribution in [0.25, 0.3) is 0 Å². The number of nitrogens with one attached hydrogen (secondary N) is 1. The van der Waals surface area contributed by atoms with Crippen molar-refractivity contribution < 1.29 is 9.13 Å². The molecule has 4 heteroatoms. The van der Waals surface area contributed by atoms with E-state index in [9.17, 15) is 4.39 Å². The van der Waals surface area contributed by atoms with E-state index in [0.717, 1.165) is 36.3 Å². The van der Waals surface area contributed by atoms with Gasteiger partial charge in [0.1, 0.15) is 18.2 Å². The van der Waals surface area contributed by atoms with E-state index in [2.05, 4.69) is 42.6 Å². The minimum atomic E-state index is -0.344. The molecular formula is C24H25ClFNO. The minimum absolute atomic E-state index is 0.309. The first-order valence-electron chi connectivity index (χ1n) is 9.53. The van der Waals surface area contributed by atoms with E-state index in [1.54, 1.807) is 6.07 Å². The molecule has 0 spiro atoms. The molecule has 2 nitrogen and oxygen atoms in total. The minimum Gasteiger partial charge on any atom is -0.489 e. The van der Waals surface area contributed by atoms with Gasteiger partial charge in [0.15, 0.2) is 0 Å². The van der Waals surface area contributed by atoms with Crippen LogP contribution in [0.2, 0.25) is 5.02 Å². The quantitative estimate of drug-likeness (QED) is 0.466. The van der Waals surface area contributed by atoms with Crippen LogP contribution in [0.4, 0.5) is 4.39 Å². The first-order valence-corrected chi connectivity index (χ1v) is 9.91. The summed E-state index contributed by atoms with van der Waals surface area (Å²) in [6.45, 7) is 3.30. The Hall–Kier alpha value is -2.36. The summed E-state index contributed by atoms with van der Waals surface area (Å²) in [7, 11) is 0. The second-order valence-corrected chi connectivity index (χ2v) is 7.39. The fourth-order valence-electron chi connectivity index (χ4n) is 2.97. The summed E-state index contributed by atoms with van der Waals surface area (Å²) < 4.78 is 19.0.